The summed E-state index contributed by atoms with van der Waals surface area (Å²) in [5.41, 5.74) is 5.80. The van der Waals surface area contributed by atoms with Crippen molar-refractivity contribution in [2.75, 3.05) is 18.8 Å². The highest BCUT2D eigenvalue weighted by molar-refractivity contribution is 6.01. The van der Waals surface area contributed by atoms with Gasteiger partial charge in [0.15, 0.2) is 5.78 Å². The average molecular weight is 372 g/mol. The molecule has 0 aliphatic carbocycles. The molecule has 2 aromatic rings. The van der Waals surface area contributed by atoms with Crippen LogP contribution in [0.4, 0.5) is 5.82 Å². The lowest BCUT2D eigenvalue weighted by Crippen LogP contribution is -2.45. The molecule has 0 radical (unpaired) electrons. The largest absolute Gasteiger partial charge is 0.384 e. The minimum atomic E-state index is -0.617. The van der Waals surface area contributed by atoms with Crippen LogP contribution in [0.25, 0.3) is 0 Å². The van der Waals surface area contributed by atoms with Gasteiger partial charge in [0.25, 0.3) is 5.56 Å². The molecule has 0 aliphatic rings. The molecule has 0 atom stereocenters. The molecular weight excluding hydrogens is 344 g/mol. The Labute approximate surface area is 159 Å². The molecule has 0 saturated carbocycles. The first kappa shape index (κ1) is 20.6. The average Bonchev–Trinajstić information content (AvgIpc) is 2.64. The summed E-state index contributed by atoms with van der Waals surface area (Å²) in [4.78, 5) is 40.3. The smallest absolute Gasteiger partial charge is 0.332 e. The van der Waals surface area contributed by atoms with E-state index in [-0.39, 0.29) is 42.8 Å². The van der Waals surface area contributed by atoms with Crippen LogP contribution >= 0.6 is 0 Å². The topological polar surface area (TPSA) is 90.3 Å². The van der Waals surface area contributed by atoms with Crippen LogP contribution in [-0.4, -0.2) is 38.9 Å². The first-order valence-corrected chi connectivity index (χ1v) is 9.26. The molecule has 2 N–H and O–H groups in total. The summed E-state index contributed by atoms with van der Waals surface area (Å²) < 4.78 is 2.37. The summed E-state index contributed by atoms with van der Waals surface area (Å²) >= 11 is 0. The van der Waals surface area contributed by atoms with Gasteiger partial charge in [0.1, 0.15) is 11.4 Å². The molecule has 0 bridgehead atoms. The Morgan fingerprint density at radius 3 is 2.26 bits per heavy atom. The van der Waals surface area contributed by atoms with Gasteiger partial charge in [0.2, 0.25) is 0 Å². The number of nitrogens with two attached hydrogens (primary N) is 1. The third-order valence-corrected chi connectivity index (χ3v) is 4.73. The first-order valence-electron chi connectivity index (χ1n) is 9.26. The molecule has 1 heterocycles. The maximum atomic E-state index is 12.9. The minimum absolute atomic E-state index is 0.0663. The van der Waals surface area contributed by atoms with Gasteiger partial charge in [0, 0.05) is 12.6 Å². The fourth-order valence-electron chi connectivity index (χ4n) is 3.10. The monoisotopic (exact) mass is 372 g/mol. The van der Waals surface area contributed by atoms with E-state index in [4.69, 9.17) is 5.73 Å². The van der Waals surface area contributed by atoms with Gasteiger partial charge in [-0.1, -0.05) is 37.3 Å². The predicted molar refractivity (Wildman–Crippen MR) is 107 cm³/mol. The highest BCUT2D eigenvalue weighted by Crippen LogP contribution is 2.11. The lowest BCUT2D eigenvalue weighted by Gasteiger charge is -2.24. The van der Waals surface area contributed by atoms with Gasteiger partial charge in [0.05, 0.1) is 13.1 Å². The van der Waals surface area contributed by atoms with Crippen LogP contribution < -0.4 is 17.0 Å². The Bertz CT molecular complexity index is 913. The van der Waals surface area contributed by atoms with Crippen LogP contribution in [-0.2, 0) is 13.1 Å². The number of hydrogen-bond acceptors (Lipinski definition) is 5. The van der Waals surface area contributed by atoms with Crippen LogP contribution in [0, 0.1) is 0 Å². The summed E-state index contributed by atoms with van der Waals surface area (Å²) in [6.45, 7) is 8.77. The molecule has 1 aromatic carbocycles. The number of carbonyl (C=O) groups is 1. The second kappa shape index (κ2) is 8.81. The van der Waals surface area contributed by atoms with Crippen molar-refractivity contribution in [2.24, 2.45) is 0 Å². The number of benzene rings is 1. The van der Waals surface area contributed by atoms with Gasteiger partial charge in [-0.2, -0.15) is 0 Å². The van der Waals surface area contributed by atoms with Crippen molar-refractivity contribution in [2.45, 2.75) is 46.8 Å². The molecule has 0 aliphatic heterocycles. The molecular formula is C20H28N4O3. The van der Waals surface area contributed by atoms with E-state index in [1.807, 2.05) is 56.0 Å². The number of aromatic nitrogens is 2. The van der Waals surface area contributed by atoms with E-state index in [0.29, 0.717) is 6.54 Å². The second-order valence-corrected chi connectivity index (χ2v) is 6.74. The SMILES string of the molecule is CCN(CC(=O)c1c(N)n(Cc2ccccc2)c(=O)n(CC)c1=O)C(C)C. The van der Waals surface area contributed by atoms with Crippen LogP contribution in [0.1, 0.15) is 43.6 Å². The van der Waals surface area contributed by atoms with Gasteiger partial charge in [-0.3, -0.25) is 23.6 Å². The maximum absolute atomic E-state index is 12.9. The Balaban J connectivity index is 2.57. The Kier molecular flexibility index (Phi) is 6.74. The summed E-state index contributed by atoms with van der Waals surface area (Å²) in [5, 5.41) is 0. The number of nitrogens with zero attached hydrogens (tertiary/aromatic N) is 3. The quantitative estimate of drug-likeness (QED) is 0.711. The van der Waals surface area contributed by atoms with Crippen molar-refractivity contribution in [3.63, 3.8) is 0 Å². The van der Waals surface area contributed by atoms with Crippen LogP contribution in [0.2, 0.25) is 0 Å². The molecule has 0 fully saturated rings. The number of ketones is 1. The maximum Gasteiger partial charge on any atom is 0.332 e. The molecule has 7 heteroatoms. The van der Waals surface area contributed by atoms with E-state index in [9.17, 15) is 14.4 Å². The lowest BCUT2D eigenvalue weighted by molar-refractivity contribution is 0.0909. The lowest BCUT2D eigenvalue weighted by atomic mass is 10.1. The molecule has 0 unspecified atom stereocenters. The number of anilines is 1. The first-order chi connectivity index (χ1) is 12.8. The van der Waals surface area contributed by atoms with E-state index in [1.54, 1.807) is 6.92 Å². The van der Waals surface area contributed by atoms with Crippen molar-refractivity contribution >= 4 is 11.6 Å². The van der Waals surface area contributed by atoms with Crippen LogP contribution in [0.3, 0.4) is 0 Å². The van der Waals surface area contributed by atoms with E-state index < -0.39 is 11.2 Å². The molecule has 1 aromatic heterocycles. The van der Waals surface area contributed by atoms with E-state index >= 15 is 0 Å². The van der Waals surface area contributed by atoms with Gasteiger partial charge in [-0.25, -0.2) is 4.79 Å². The highest BCUT2D eigenvalue weighted by atomic mass is 16.2. The van der Waals surface area contributed by atoms with Crippen LogP contribution in [0.5, 0.6) is 0 Å². The Morgan fingerprint density at radius 2 is 1.74 bits per heavy atom. The number of hydrogen-bond donors (Lipinski definition) is 1. The van der Waals surface area contributed by atoms with Gasteiger partial charge in [-0.15, -0.1) is 0 Å². The number of likely N-dealkylation sites (N-methyl/N-ethyl adjacent to an activating group) is 1. The van der Waals surface area contributed by atoms with Gasteiger partial charge in [-0.05, 0) is 32.9 Å². The summed E-state index contributed by atoms with van der Waals surface area (Å²) in [6.07, 6.45) is 0. The molecule has 27 heavy (non-hydrogen) atoms. The summed E-state index contributed by atoms with van der Waals surface area (Å²) in [6, 6.07) is 9.49. The number of rotatable bonds is 8. The third-order valence-electron chi connectivity index (χ3n) is 4.73. The molecule has 0 spiro atoms. The van der Waals surface area contributed by atoms with E-state index in [0.717, 1.165) is 10.1 Å². The normalized spacial score (nSPS) is 11.3. The van der Waals surface area contributed by atoms with Crippen molar-refractivity contribution < 1.29 is 4.79 Å². The van der Waals surface area contributed by atoms with Crippen molar-refractivity contribution in [3.05, 3.63) is 62.3 Å². The van der Waals surface area contributed by atoms with Crippen LogP contribution in [0.15, 0.2) is 39.9 Å². The fraction of sp³-hybridized carbons (Fsp3) is 0.450. The van der Waals surface area contributed by atoms with Crippen molar-refractivity contribution in [3.8, 4) is 0 Å². The molecule has 0 saturated heterocycles. The standard InChI is InChI=1S/C20H28N4O3/c1-5-22(14(3)4)13-16(25)17-18(21)24(12-15-10-8-7-9-11-15)20(27)23(6-2)19(17)26/h7-11,14H,5-6,12-13,21H2,1-4H3. The summed E-state index contributed by atoms with van der Waals surface area (Å²) in [5.74, 6) is -0.430. The zero-order valence-electron chi connectivity index (χ0n) is 16.4. The molecule has 7 nitrogen and oxygen atoms in total. The number of Topliss-reactive ketones (excluding diaryl/α,β-unsaturated/α-hetero) is 1. The molecule has 0 amide bonds. The van der Waals surface area contributed by atoms with E-state index in [1.165, 1.54) is 4.57 Å². The second-order valence-electron chi connectivity index (χ2n) is 6.74. The van der Waals surface area contributed by atoms with Gasteiger partial charge >= 0.3 is 5.69 Å². The van der Waals surface area contributed by atoms with E-state index in [2.05, 4.69) is 0 Å². The van der Waals surface area contributed by atoms with Crippen molar-refractivity contribution in [1.82, 2.24) is 14.0 Å². The zero-order valence-corrected chi connectivity index (χ0v) is 16.4. The third kappa shape index (κ3) is 4.36. The zero-order chi connectivity index (χ0) is 20.1. The molecule has 2 rings (SSSR count). The summed E-state index contributed by atoms with van der Waals surface area (Å²) in [7, 11) is 0. The van der Waals surface area contributed by atoms with Gasteiger partial charge < -0.3 is 5.73 Å². The highest BCUT2D eigenvalue weighted by Gasteiger charge is 2.24. The predicted octanol–water partition coefficient (Wildman–Crippen LogP) is 1.57. The van der Waals surface area contributed by atoms with Crippen molar-refractivity contribution in [1.29, 1.82) is 0 Å². The number of nitrogen functional groups attached to an aromatic ring is 1. The number of carbonyl (C=O) groups excluding carboxylic acids is 1. The Morgan fingerprint density at radius 1 is 1.11 bits per heavy atom. The molecule has 146 valence electrons. The minimum Gasteiger partial charge on any atom is -0.384 e. The Hall–Kier alpha value is -2.67. The fourth-order valence-corrected chi connectivity index (χ4v) is 3.10.